The van der Waals surface area contributed by atoms with Crippen LogP contribution >= 0.6 is 0 Å². The lowest BCUT2D eigenvalue weighted by Gasteiger charge is -2.20. The summed E-state index contributed by atoms with van der Waals surface area (Å²) in [7, 11) is 2.51. The molecule has 4 atom stereocenters. The molecule has 0 unspecified atom stereocenters. The van der Waals surface area contributed by atoms with Gasteiger partial charge in [0, 0.05) is 25.9 Å². The number of nitrogens with one attached hydrogen (secondary N) is 2. The van der Waals surface area contributed by atoms with Gasteiger partial charge in [-0.25, -0.2) is 19.2 Å². The maximum Gasteiger partial charge on any atom is 0.347 e. The predicted molar refractivity (Wildman–Crippen MR) is 171 cm³/mol. The van der Waals surface area contributed by atoms with Crippen molar-refractivity contribution in [2.75, 3.05) is 27.3 Å². The molecule has 1 rings (SSSR count). The van der Waals surface area contributed by atoms with Crippen LogP contribution in [0.5, 0.6) is 0 Å². The average molecular weight is 691 g/mol. The highest BCUT2D eigenvalue weighted by Gasteiger charge is 2.34. The molecule has 0 aromatic heterocycles. The third-order valence-electron chi connectivity index (χ3n) is 7.09. The number of ether oxygens (including phenoxy) is 3. The lowest BCUT2D eigenvalue weighted by atomic mass is 9.98. The molecule has 0 saturated carbocycles. The minimum absolute atomic E-state index is 0.116. The number of urea groups is 2. The molecule has 6 amide bonds. The monoisotopic (exact) mass is 690 g/mol. The Hall–Kier alpha value is -4.48. The van der Waals surface area contributed by atoms with Gasteiger partial charge >= 0.3 is 35.9 Å². The molecule has 276 valence electrons. The number of rotatable bonds is 16. The van der Waals surface area contributed by atoms with Crippen molar-refractivity contribution in [2.45, 2.75) is 92.2 Å². The van der Waals surface area contributed by atoms with E-state index in [0.29, 0.717) is 37.4 Å². The number of imide groups is 1. The highest BCUT2D eigenvalue weighted by atomic mass is 16.7. The number of primary amides is 2. The van der Waals surface area contributed by atoms with Crippen molar-refractivity contribution < 1.29 is 57.4 Å². The number of carbonyl (C=O) groups excluding carboxylic acids is 8. The second-order valence-corrected chi connectivity index (χ2v) is 11.5. The van der Waals surface area contributed by atoms with E-state index in [0.717, 1.165) is 0 Å². The smallest absolute Gasteiger partial charge is 0.347 e. The lowest BCUT2D eigenvalue weighted by molar-refractivity contribution is -0.201. The molecule has 0 aromatic rings. The van der Waals surface area contributed by atoms with E-state index in [1.54, 1.807) is 13.8 Å². The van der Waals surface area contributed by atoms with E-state index in [9.17, 15) is 38.4 Å². The number of esters is 3. The van der Waals surface area contributed by atoms with E-state index < -0.39 is 59.9 Å². The summed E-state index contributed by atoms with van der Waals surface area (Å²) in [5, 5.41) is 5.37. The Balaban J connectivity index is 0. The number of amides is 6. The van der Waals surface area contributed by atoms with Gasteiger partial charge in [0.25, 0.3) is 11.8 Å². The standard InChI is InChI=1S/C13H24N2O5.C10H15NO4.C7H15N3O3/c1-8(2)9(3)11(16)20-10(12(17)19-4)6-5-7-15-13(14)18;1-6(2)7(3)10(14)15-11-8(12)4-5-9(11)13;1-13-6(11)5(8)3-2-4-10-7(9)12/h8-10H,5-7H2,1-4H3,(H3,14,15,18);6-7H,4-5H2,1-3H3;5H,2-4,8H2,1H3,(H3,9,10,12)/t9-,10-;7-;5-/m000/s1. The number of hydroxylamine groups is 2. The fraction of sp³-hybridized carbons (Fsp3) is 0.733. The van der Waals surface area contributed by atoms with E-state index in [4.69, 9.17) is 26.8 Å². The summed E-state index contributed by atoms with van der Waals surface area (Å²) in [6, 6.07) is -1.84. The van der Waals surface area contributed by atoms with Crippen molar-refractivity contribution in [3.63, 3.8) is 0 Å². The minimum Gasteiger partial charge on any atom is -0.468 e. The van der Waals surface area contributed by atoms with Crippen molar-refractivity contribution >= 4 is 47.8 Å². The molecular formula is C30H54N6O12. The number of carbonyl (C=O) groups is 8. The number of nitrogens with two attached hydrogens (primary N) is 3. The molecule has 0 aromatic carbocycles. The largest absolute Gasteiger partial charge is 0.468 e. The van der Waals surface area contributed by atoms with Crippen LogP contribution in [0, 0.1) is 23.7 Å². The summed E-state index contributed by atoms with van der Waals surface area (Å²) in [4.78, 5) is 93.4. The second-order valence-electron chi connectivity index (χ2n) is 11.5. The van der Waals surface area contributed by atoms with Crippen LogP contribution in [0.4, 0.5) is 9.59 Å². The highest BCUT2D eigenvalue weighted by molar-refractivity contribution is 6.01. The van der Waals surface area contributed by atoms with Crippen LogP contribution in [-0.4, -0.2) is 92.3 Å². The zero-order valence-electron chi connectivity index (χ0n) is 29.2. The molecule has 0 radical (unpaired) electrons. The molecule has 1 aliphatic heterocycles. The predicted octanol–water partition coefficient (Wildman–Crippen LogP) is 0.633. The second kappa shape index (κ2) is 24.7. The molecule has 0 spiro atoms. The van der Waals surface area contributed by atoms with Crippen molar-refractivity contribution in [2.24, 2.45) is 40.9 Å². The molecule has 1 aliphatic rings. The van der Waals surface area contributed by atoms with Crippen LogP contribution in [0.15, 0.2) is 0 Å². The average Bonchev–Trinajstić information content (AvgIpc) is 3.34. The molecule has 0 aliphatic carbocycles. The summed E-state index contributed by atoms with van der Waals surface area (Å²) in [6.45, 7) is 11.7. The fourth-order valence-corrected chi connectivity index (χ4v) is 3.28. The van der Waals surface area contributed by atoms with Gasteiger partial charge in [-0.05, 0) is 37.5 Å². The van der Waals surface area contributed by atoms with Gasteiger partial charge in [-0.2, -0.15) is 0 Å². The van der Waals surface area contributed by atoms with Gasteiger partial charge in [0.15, 0.2) is 6.10 Å². The molecule has 8 N–H and O–H groups in total. The number of nitrogens with zero attached hydrogens (tertiary/aromatic N) is 1. The van der Waals surface area contributed by atoms with E-state index in [2.05, 4.69) is 20.1 Å². The van der Waals surface area contributed by atoms with Crippen LogP contribution in [0.25, 0.3) is 0 Å². The Morgan fingerprint density at radius 3 is 1.50 bits per heavy atom. The molecule has 48 heavy (non-hydrogen) atoms. The molecule has 1 heterocycles. The lowest BCUT2D eigenvalue weighted by Crippen LogP contribution is -2.35. The first-order valence-electron chi connectivity index (χ1n) is 15.6. The molecule has 18 heteroatoms. The van der Waals surface area contributed by atoms with Crippen LogP contribution in [0.3, 0.4) is 0 Å². The number of hydrogen-bond donors (Lipinski definition) is 5. The summed E-state index contributed by atoms with van der Waals surface area (Å²) in [5.41, 5.74) is 15.2. The van der Waals surface area contributed by atoms with Crippen molar-refractivity contribution in [3.05, 3.63) is 0 Å². The normalized spacial score (nSPS) is 14.6. The zero-order valence-corrected chi connectivity index (χ0v) is 29.2. The van der Waals surface area contributed by atoms with E-state index in [-0.39, 0.29) is 42.9 Å². The van der Waals surface area contributed by atoms with Gasteiger partial charge in [0.2, 0.25) is 0 Å². The van der Waals surface area contributed by atoms with Gasteiger partial charge in [0.05, 0.1) is 26.1 Å². The third kappa shape index (κ3) is 19.9. The van der Waals surface area contributed by atoms with E-state index >= 15 is 0 Å². The molecule has 1 saturated heterocycles. The summed E-state index contributed by atoms with van der Waals surface area (Å²) >= 11 is 0. The Kier molecular flexibility index (Phi) is 23.4. The first-order valence-corrected chi connectivity index (χ1v) is 15.6. The number of hydrogen-bond acceptors (Lipinski definition) is 13. The first-order chi connectivity index (χ1) is 22.3. The maximum absolute atomic E-state index is 11.8. The fourth-order valence-electron chi connectivity index (χ4n) is 3.28. The van der Waals surface area contributed by atoms with Gasteiger partial charge in [-0.3, -0.25) is 19.2 Å². The van der Waals surface area contributed by atoms with E-state index in [1.807, 2.05) is 27.7 Å². The summed E-state index contributed by atoms with van der Waals surface area (Å²) in [6.07, 6.45) is 1.08. The highest BCUT2D eigenvalue weighted by Crippen LogP contribution is 2.17. The molecular weight excluding hydrogens is 636 g/mol. The van der Waals surface area contributed by atoms with Crippen molar-refractivity contribution in [1.82, 2.24) is 15.7 Å². The zero-order chi connectivity index (χ0) is 37.6. The number of methoxy groups -OCH3 is 2. The Morgan fingerprint density at radius 1 is 0.688 bits per heavy atom. The molecule has 0 bridgehead atoms. The SMILES string of the molecule is CC(C)[C@H](C)C(=O)ON1C(=O)CCC1=O.COC(=O)[C@@H](N)CCCNC(N)=O.COC(=O)[C@H](CCCNC(N)=O)OC(=O)[C@@H](C)C(C)C. The van der Waals surface area contributed by atoms with Gasteiger partial charge in [-0.15, -0.1) is 5.06 Å². The Morgan fingerprint density at radius 2 is 1.10 bits per heavy atom. The van der Waals surface area contributed by atoms with Crippen molar-refractivity contribution in [1.29, 1.82) is 0 Å². The summed E-state index contributed by atoms with van der Waals surface area (Å²) < 4.78 is 14.2. The Labute approximate surface area is 281 Å². The van der Waals surface area contributed by atoms with Gasteiger partial charge in [-0.1, -0.05) is 41.5 Å². The van der Waals surface area contributed by atoms with Crippen LogP contribution in [-0.2, 0) is 47.8 Å². The minimum atomic E-state index is -0.955. The topological polar surface area (TPSA) is 279 Å². The van der Waals surface area contributed by atoms with Crippen LogP contribution in [0.2, 0.25) is 0 Å². The van der Waals surface area contributed by atoms with E-state index in [1.165, 1.54) is 14.2 Å². The third-order valence-corrected chi connectivity index (χ3v) is 7.09. The summed E-state index contributed by atoms with van der Waals surface area (Å²) in [5.74, 6) is -3.28. The van der Waals surface area contributed by atoms with Crippen molar-refractivity contribution in [3.8, 4) is 0 Å². The van der Waals surface area contributed by atoms with Crippen LogP contribution in [0.1, 0.15) is 80.1 Å². The Bertz CT molecular complexity index is 1070. The molecule has 1 fully saturated rings. The van der Waals surface area contributed by atoms with Gasteiger partial charge in [0.1, 0.15) is 6.04 Å². The van der Waals surface area contributed by atoms with Gasteiger partial charge < -0.3 is 46.9 Å². The molecule has 18 nitrogen and oxygen atoms in total. The quantitative estimate of drug-likeness (QED) is 0.0644. The van der Waals surface area contributed by atoms with Crippen LogP contribution < -0.4 is 27.8 Å². The first kappa shape index (κ1) is 45.6. The maximum atomic E-state index is 11.8.